The topological polar surface area (TPSA) is 60.2 Å². The number of halogens is 3. The van der Waals surface area contributed by atoms with Crippen LogP contribution in [-0.2, 0) is 4.79 Å². The maximum Gasteiger partial charge on any atom is 0.529 e. The smallest absolute Gasteiger partial charge is 0.260 e. The Hall–Kier alpha value is -0.780. The molecule has 0 radical (unpaired) electrons. The molecule has 0 heterocycles. The lowest BCUT2D eigenvalue weighted by Crippen LogP contribution is -2.33. The van der Waals surface area contributed by atoms with Crippen molar-refractivity contribution in [2.24, 2.45) is 0 Å². The Labute approximate surface area is 52.6 Å². The van der Waals surface area contributed by atoms with Gasteiger partial charge in [0.15, 0.2) is 0 Å². The van der Waals surface area contributed by atoms with Crippen LogP contribution >= 0.6 is 11.6 Å². The van der Waals surface area contributed by atoms with Crippen LogP contribution in [0.2, 0.25) is 0 Å². The average Bonchev–Trinajstić information content (AvgIpc) is 1.65. The molecular formula is C2ClF2NO3. The molecule has 0 rings (SSSR count). The van der Waals surface area contributed by atoms with Crippen molar-refractivity contribution in [2.45, 2.75) is 5.25 Å². The molecule has 1 atom stereocenters. The molecule has 0 amide bonds. The zero-order valence-electron chi connectivity index (χ0n) is 3.81. The van der Waals surface area contributed by atoms with Crippen molar-refractivity contribution >= 4 is 17.6 Å². The Kier molecular flexibility index (Phi) is 2.03. The highest BCUT2D eigenvalue weighted by molar-refractivity contribution is 6.30. The lowest BCUT2D eigenvalue weighted by molar-refractivity contribution is -0.558. The minimum atomic E-state index is -4.11. The molecule has 0 aliphatic carbocycles. The summed E-state index contributed by atoms with van der Waals surface area (Å²) in [6.45, 7) is 0. The summed E-state index contributed by atoms with van der Waals surface area (Å²) in [6.07, 6.45) is 0. The van der Waals surface area contributed by atoms with E-state index in [0.29, 0.717) is 0 Å². The minimum absolute atomic E-state index is 1.86. The van der Waals surface area contributed by atoms with Crippen LogP contribution in [0.1, 0.15) is 0 Å². The van der Waals surface area contributed by atoms with Gasteiger partial charge in [0.1, 0.15) is 0 Å². The quantitative estimate of drug-likeness (QED) is 0.195. The van der Waals surface area contributed by atoms with Crippen LogP contribution < -0.4 is 0 Å². The van der Waals surface area contributed by atoms with Crippen LogP contribution in [-0.4, -0.2) is 16.2 Å². The van der Waals surface area contributed by atoms with E-state index in [-0.39, 0.29) is 0 Å². The first-order chi connectivity index (χ1) is 3.89. The van der Waals surface area contributed by atoms with E-state index in [1.54, 1.807) is 0 Å². The summed E-state index contributed by atoms with van der Waals surface area (Å²) in [7, 11) is 0. The van der Waals surface area contributed by atoms with E-state index >= 15 is 0 Å². The standard InChI is InChI=1S/C2ClF2NO3/c3-2(5,1(4)7)6(8)9. The van der Waals surface area contributed by atoms with E-state index in [2.05, 4.69) is 11.6 Å². The van der Waals surface area contributed by atoms with Crippen molar-refractivity contribution in [1.82, 2.24) is 0 Å². The van der Waals surface area contributed by atoms with Gasteiger partial charge in [0.2, 0.25) is 0 Å². The van der Waals surface area contributed by atoms with Gasteiger partial charge in [-0.1, -0.05) is 0 Å². The summed E-state index contributed by atoms with van der Waals surface area (Å²) < 4.78 is 22.8. The van der Waals surface area contributed by atoms with Crippen LogP contribution in [0.3, 0.4) is 0 Å². The predicted octanol–water partition coefficient (Wildman–Crippen LogP) is 0.621. The Balaban J connectivity index is 4.38. The van der Waals surface area contributed by atoms with Crippen LogP contribution in [0.15, 0.2) is 0 Å². The molecule has 52 valence electrons. The van der Waals surface area contributed by atoms with Crippen molar-refractivity contribution in [3.05, 3.63) is 10.1 Å². The summed E-state index contributed by atoms with van der Waals surface area (Å²) in [5.41, 5.74) is 0. The number of rotatable bonds is 2. The third-order valence-electron chi connectivity index (χ3n) is 0.466. The van der Waals surface area contributed by atoms with Gasteiger partial charge in [0, 0.05) is 11.6 Å². The fourth-order valence-electron chi connectivity index (χ4n) is 0.0718. The van der Waals surface area contributed by atoms with E-state index in [9.17, 15) is 23.7 Å². The largest absolute Gasteiger partial charge is 0.529 e. The number of hydrogen-bond acceptors (Lipinski definition) is 3. The highest BCUT2D eigenvalue weighted by Crippen LogP contribution is 2.18. The monoisotopic (exact) mass is 159 g/mol. The maximum atomic E-state index is 11.7. The normalized spacial score (nSPS) is 16.3. The first kappa shape index (κ1) is 8.22. The van der Waals surface area contributed by atoms with E-state index in [0.717, 1.165) is 0 Å². The maximum absolute atomic E-state index is 11.7. The van der Waals surface area contributed by atoms with Gasteiger partial charge in [0.05, 0.1) is 4.92 Å². The third kappa shape index (κ3) is 1.56. The van der Waals surface area contributed by atoms with Crippen molar-refractivity contribution < 1.29 is 18.5 Å². The van der Waals surface area contributed by atoms with E-state index in [4.69, 9.17) is 0 Å². The Bertz CT molecular complexity index is 142. The van der Waals surface area contributed by atoms with Gasteiger partial charge in [-0.25, -0.2) is 4.79 Å². The van der Waals surface area contributed by atoms with E-state index in [1.807, 2.05) is 0 Å². The fourth-order valence-corrected chi connectivity index (χ4v) is 0.0718. The number of nitro groups is 1. The number of nitrogens with zero attached hydrogens (tertiary/aromatic N) is 1. The summed E-state index contributed by atoms with van der Waals surface area (Å²) >= 11 is 4.12. The van der Waals surface area contributed by atoms with Crippen molar-refractivity contribution in [2.75, 3.05) is 0 Å². The zero-order valence-corrected chi connectivity index (χ0v) is 4.56. The molecular weight excluding hydrogens is 159 g/mol. The predicted molar refractivity (Wildman–Crippen MR) is 22.8 cm³/mol. The molecule has 0 aromatic heterocycles. The van der Waals surface area contributed by atoms with Gasteiger partial charge in [-0.2, -0.15) is 4.39 Å². The highest BCUT2D eigenvalue weighted by Gasteiger charge is 2.51. The molecule has 0 saturated heterocycles. The minimum Gasteiger partial charge on any atom is -0.260 e. The van der Waals surface area contributed by atoms with Gasteiger partial charge in [-0.05, 0) is 0 Å². The third-order valence-corrected chi connectivity index (χ3v) is 0.752. The van der Waals surface area contributed by atoms with Crippen LogP contribution in [0.4, 0.5) is 8.78 Å². The Morgan fingerprint density at radius 2 is 2.11 bits per heavy atom. The molecule has 0 N–H and O–H groups in total. The molecule has 0 aromatic carbocycles. The van der Waals surface area contributed by atoms with Crippen LogP contribution in [0.25, 0.3) is 0 Å². The molecule has 0 spiro atoms. The summed E-state index contributed by atoms with van der Waals surface area (Å²) in [4.78, 5) is 16.7. The second-order valence-corrected chi connectivity index (χ2v) is 1.57. The molecule has 0 bridgehead atoms. The van der Waals surface area contributed by atoms with Crippen molar-refractivity contribution in [3.63, 3.8) is 0 Å². The average molecular weight is 159 g/mol. The number of carbonyl (C=O) groups excluding carboxylic acids is 1. The lowest BCUT2D eigenvalue weighted by atomic mass is 10.7. The number of hydrogen-bond donors (Lipinski definition) is 0. The molecule has 0 aliphatic rings. The van der Waals surface area contributed by atoms with Crippen molar-refractivity contribution in [3.8, 4) is 0 Å². The zero-order chi connectivity index (χ0) is 7.65. The molecule has 0 saturated carbocycles. The van der Waals surface area contributed by atoms with Gasteiger partial charge in [0.25, 0.3) is 0 Å². The lowest BCUT2D eigenvalue weighted by Gasteiger charge is -1.98. The first-order valence-corrected chi connectivity index (χ1v) is 1.99. The molecule has 4 nitrogen and oxygen atoms in total. The first-order valence-electron chi connectivity index (χ1n) is 1.61. The summed E-state index contributed by atoms with van der Waals surface area (Å²) in [6, 6.07) is -2.82. The van der Waals surface area contributed by atoms with Crippen molar-refractivity contribution in [1.29, 1.82) is 0 Å². The Morgan fingerprint density at radius 3 is 2.11 bits per heavy atom. The van der Waals surface area contributed by atoms with Gasteiger partial charge in [-0.15, -0.1) is 4.39 Å². The molecule has 7 heteroatoms. The van der Waals surface area contributed by atoms with Gasteiger partial charge < -0.3 is 0 Å². The molecule has 9 heavy (non-hydrogen) atoms. The molecule has 0 aromatic rings. The summed E-state index contributed by atoms with van der Waals surface area (Å²) in [5.74, 6) is 0. The molecule has 0 aliphatic heterocycles. The summed E-state index contributed by atoms with van der Waals surface area (Å²) in [5, 5.41) is 5.19. The Morgan fingerprint density at radius 1 is 1.78 bits per heavy atom. The second kappa shape index (κ2) is 2.22. The SMILES string of the molecule is O=C(F)C(F)(Cl)[N+](=O)[O-]. The fraction of sp³-hybridized carbons (Fsp3) is 0.500. The number of alkyl halides is 2. The number of carbonyl (C=O) groups is 1. The molecule has 1 unspecified atom stereocenters. The van der Waals surface area contributed by atoms with E-state index in [1.165, 1.54) is 0 Å². The van der Waals surface area contributed by atoms with Crippen LogP contribution in [0, 0.1) is 10.1 Å². The van der Waals surface area contributed by atoms with Gasteiger partial charge in [-0.3, -0.25) is 10.1 Å². The second-order valence-electron chi connectivity index (χ2n) is 1.07. The highest BCUT2D eigenvalue weighted by atomic mass is 35.5. The van der Waals surface area contributed by atoms with Crippen LogP contribution in [0.5, 0.6) is 0 Å². The van der Waals surface area contributed by atoms with Gasteiger partial charge >= 0.3 is 11.3 Å². The molecule has 0 fully saturated rings. The van der Waals surface area contributed by atoms with E-state index < -0.39 is 16.2 Å².